The van der Waals surface area contributed by atoms with Crippen molar-refractivity contribution in [2.24, 2.45) is 0 Å². The van der Waals surface area contributed by atoms with Gasteiger partial charge in [0.1, 0.15) is 5.75 Å². The summed E-state index contributed by atoms with van der Waals surface area (Å²) in [7, 11) is 8.40. The van der Waals surface area contributed by atoms with E-state index >= 15 is 0 Å². The summed E-state index contributed by atoms with van der Waals surface area (Å²) >= 11 is 0. The molecular formula is C21H26N2O4. The minimum Gasteiger partial charge on any atom is -0.497 e. The predicted molar refractivity (Wildman–Crippen MR) is 109 cm³/mol. The van der Waals surface area contributed by atoms with Gasteiger partial charge in [-0.2, -0.15) is 0 Å². The largest absolute Gasteiger partial charge is 0.497 e. The normalized spacial score (nSPS) is 11.1. The van der Waals surface area contributed by atoms with E-state index in [0.29, 0.717) is 34.1 Å². The molecule has 2 N–H and O–H groups in total. The minimum atomic E-state index is -0.174. The quantitative estimate of drug-likeness (QED) is 0.456. The number of carbonyl (C=O) groups is 1. The summed E-state index contributed by atoms with van der Waals surface area (Å²) in [6, 6.07) is 8.97. The Bertz CT molecular complexity index is 873. The average Bonchev–Trinajstić information content (AvgIpc) is 2.67. The molecule has 0 aliphatic carbocycles. The molecule has 0 atom stereocenters. The first-order valence-electron chi connectivity index (χ1n) is 8.42. The molecule has 6 nitrogen and oxygen atoms in total. The highest BCUT2D eigenvalue weighted by molar-refractivity contribution is 6.13. The average molecular weight is 370 g/mol. The van der Waals surface area contributed by atoms with Gasteiger partial charge in [0.25, 0.3) is 0 Å². The lowest BCUT2D eigenvalue weighted by Gasteiger charge is -2.16. The van der Waals surface area contributed by atoms with Crippen LogP contribution in [-0.2, 0) is 0 Å². The first kappa shape index (κ1) is 20.2. The first-order chi connectivity index (χ1) is 12.8. The fraction of sp³-hybridized carbons (Fsp3) is 0.286. The van der Waals surface area contributed by atoms with Crippen molar-refractivity contribution in [1.29, 1.82) is 0 Å². The van der Waals surface area contributed by atoms with Crippen molar-refractivity contribution in [3.8, 4) is 17.2 Å². The molecule has 144 valence electrons. The Labute approximate surface area is 160 Å². The Morgan fingerprint density at radius 1 is 1.04 bits per heavy atom. The monoisotopic (exact) mass is 370 g/mol. The van der Waals surface area contributed by atoms with Crippen LogP contribution >= 0.6 is 0 Å². The number of rotatable bonds is 7. The van der Waals surface area contributed by atoms with Crippen molar-refractivity contribution in [2.75, 3.05) is 46.1 Å². The van der Waals surface area contributed by atoms with Gasteiger partial charge in [0.2, 0.25) is 0 Å². The second-order valence-electron chi connectivity index (χ2n) is 6.28. The lowest BCUT2D eigenvalue weighted by atomic mass is 10.00. The van der Waals surface area contributed by atoms with Crippen LogP contribution in [0.4, 0.5) is 11.4 Å². The van der Waals surface area contributed by atoms with Crippen LogP contribution in [0.2, 0.25) is 0 Å². The Morgan fingerprint density at radius 3 is 2.30 bits per heavy atom. The zero-order chi connectivity index (χ0) is 20.1. The summed E-state index contributed by atoms with van der Waals surface area (Å²) in [6.07, 6.45) is 1.82. The molecule has 2 rings (SSSR count). The molecule has 27 heavy (non-hydrogen) atoms. The van der Waals surface area contributed by atoms with E-state index in [1.807, 2.05) is 43.3 Å². The van der Waals surface area contributed by atoms with Crippen LogP contribution < -0.4 is 24.8 Å². The van der Waals surface area contributed by atoms with Crippen molar-refractivity contribution < 1.29 is 19.0 Å². The highest BCUT2D eigenvalue weighted by Crippen LogP contribution is 2.37. The molecule has 0 fully saturated rings. The number of anilines is 2. The second kappa shape index (κ2) is 8.49. The molecule has 0 saturated carbocycles. The third-order valence-electron chi connectivity index (χ3n) is 4.21. The maximum atomic E-state index is 13.1. The second-order valence-corrected chi connectivity index (χ2v) is 6.28. The molecule has 0 unspecified atom stereocenters. The van der Waals surface area contributed by atoms with Crippen molar-refractivity contribution in [2.45, 2.75) is 6.92 Å². The predicted octanol–water partition coefficient (Wildman–Crippen LogP) is 3.65. The minimum absolute atomic E-state index is 0.174. The zero-order valence-electron chi connectivity index (χ0n) is 16.6. The Hall–Kier alpha value is -3.15. The fourth-order valence-corrected chi connectivity index (χ4v) is 2.79. The van der Waals surface area contributed by atoms with Gasteiger partial charge < -0.3 is 24.8 Å². The van der Waals surface area contributed by atoms with Crippen LogP contribution in [0.5, 0.6) is 17.2 Å². The SMILES string of the molecule is COc1cc(OC)c(OC)c(C(=O)C(C)=Cc2ccc(N)c(N(C)C)c2)c1. The van der Waals surface area contributed by atoms with Crippen molar-refractivity contribution >= 4 is 23.2 Å². The molecule has 0 radical (unpaired) electrons. The van der Waals surface area contributed by atoms with Gasteiger partial charge in [0, 0.05) is 20.2 Å². The van der Waals surface area contributed by atoms with Crippen LogP contribution in [0.25, 0.3) is 6.08 Å². The molecule has 0 heterocycles. The van der Waals surface area contributed by atoms with E-state index in [2.05, 4.69) is 0 Å². The van der Waals surface area contributed by atoms with E-state index in [0.717, 1.165) is 11.3 Å². The fourth-order valence-electron chi connectivity index (χ4n) is 2.79. The summed E-state index contributed by atoms with van der Waals surface area (Å²) in [4.78, 5) is 15.0. The molecule has 2 aromatic carbocycles. The number of benzene rings is 2. The van der Waals surface area contributed by atoms with Crippen LogP contribution in [0.3, 0.4) is 0 Å². The standard InChI is InChI=1S/C21H26N2O4/c1-13(9-14-7-8-17(22)18(10-14)23(2)3)20(24)16-11-15(25-4)12-19(26-5)21(16)27-6/h7-12H,22H2,1-6H3. The maximum Gasteiger partial charge on any atom is 0.192 e. The van der Waals surface area contributed by atoms with E-state index in [-0.39, 0.29) is 5.78 Å². The molecule has 0 spiro atoms. The van der Waals surface area contributed by atoms with Gasteiger partial charge in [-0.15, -0.1) is 0 Å². The molecule has 0 bridgehead atoms. The Morgan fingerprint density at radius 2 is 1.74 bits per heavy atom. The third kappa shape index (κ3) is 4.34. The van der Waals surface area contributed by atoms with Crippen molar-refractivity contribution in [1.82, 2.24) is 0 Å². The van der Waals surface area contributed by atoms with Crippen LogP contribution in [0.1, 0.15) is 22.8 Å². The lowest BCUT2D eigenvalue weighted by molar-refractivity contribution is 0.103. The van der Waals surface area contributed by atoms with Gasteiger partial charge in [-0.25, -0.2) is 0 Å². The number of carbonyl (C=O) groups excluding carboxylic acids is 1. The number of ketones is 1. The molecular weight excluding hydrogens is 344 g/mol. The van der Waals surface area contributed by atoms with Gasteiger partial charge >= 0.3 is 0 Å². The van der Waals surface area contributed by atoms with E-state index in [1.54, 1.807) is 19.1 Å². The highest BCUT2D eigenvalue weighted by atomic mass is 16.5. The van der Waals surface area contributed by atoms with Crippen LogP contribution in [-0.4, -0.2) is 41.2 Å². The van der Waals surface area contributed by atoms with E-state index in [4.69, 9.17) is 19.9 Å². The number of ether oxygens (including phenoxy) is 3. The van der Waals surface area contributed by atoms with Gasteiger partial charge in [-0.3, -0.25) is 4.79 Å². The lowest BCUT2D eigenvalue weighted by Crippen LogP contribution is -2.11. The topological polar surface area (TPSA) is 74.0 Å². The van der Waals surface area contributed by atoms with E-state index < -0.39 is 0 Å². The summed E-state index contributed by atoms with van der Waals surface area (Å²) in [5.41, 5.74) is 9.39. The summed E-state index contributed by atoms with van der Waals surface area (Å²) in [5.74, 6) is 1.16. The smallest absolute Gasteiger partial charge is 0.192 e. The third-order valence-corrected chi connectivity index (χ3v) is 4.21. The molecule has 0 aliphatic rings. The molecule has 0 saturated heterocycles. The first-order valence-corrected chi connectivity index (χ1v) is 8.42. The summed E-state index contributed by atoms with van der Waals surface area (Å²) in [5, 5.41) is 0. The number of nitrogens with zero attached hydrogens (tertiary/aromatic N) is 1. The number of nitrogen functional groups attached to an aromatic ring is 1. The molecule has 6 heteroatoms. The van der Waals surface area contributed by atoms with E-state index in [1.165, 1.54) is 21.3 Å². The Kier molecular flexibility index (Phi) is 6.34. The number of hydrogen-bond donors (Lipinski definition) is 1. The number of allylic oxidation sites excluding steroid dienone is 1. The Balaban J connectivity index is 2.48. The molecule has 0 aromatic heterocycles. The van der Waals surface area contributed by atoms with Gasteiger partial charge in [-0.1, -0.05) is 6.07 Å². The van der Waals surface area contributed by atoms with Gasteiger partial charge in [-0.05, 0) is 42.3 Å². The van der Waals surface area contributed by atoms with E-state index in [9.17, 15) is 4.79 Å². The van der Waals surface area contributed by atoms with Crippen molar-refractivity contribution in [3.05, 3.63) is 47.0 Å². The summed E-state index contributed by atoms with van der Waals surface area (Å²) < 4.78 is 16.0. The zero-order valence-corrected chi connectivity index (χ0v) is 16.6. The highest BCUT2D eigenvalue weighted by Gasteiger charge is 2.20. The van der Waals surface area contributed by atoms with Crippen LogP contribution in [0, 0.1) is 0 Å². The van der Waals surface area contributed by atoms with Crippen LogP contribution in [0.15, 0.2) is 35.9 Å². The summed E-state index contributed by atoms with van der Waals surface area (Å²) in [6.45, 7) is 1.76. The number of methoxy groups -OCH3 is 3. The van der Waals surface area contributed by atoms with Gasteiger partial charge in [0.15, 0.2) is 17.3 Å². The number of Topliss-reactive ketones (excluding diaryl/α,β-unsaturated/α-hetero) is 1. The van der Waals surface area contributed by atoms with Crippen molar-refractivity contribution in [3.63, 3.8) is 0 Å². The maximum absolute atomic E-state index is 13.1. The number of hydrogen-bond acceptors (Lipinski definition) is 6. The number of nitrogens with two attached hydrogens (primary N) is 1. The molecule has 0 amide bonds. The molecule has 2 aromatic rings. The molecule has 0 aliphatic heterocycles. The van der Waals surface area contributed by atoms with Gasteiger partial charge in [0.05, 0.1) is 38.3 Å².